The van der Waals surface area contributed by atoms with Gasteiger partial charge in [0.1, 0.15) is 21.8 Å². The van der Waals surface area contributed by atoms with Gasteiger partial charge in [0.25, 0.3) is 10.0 Å². The summed E-state index contributed by atoms with van der Waals surface area (Å²) >= 11 is 0. The van der Waals surface area contributed by atoms with Crippen LogP contribution < -0.4 is 19.5 Å². The number of amides is 1. The smallest absolute Gasteiger partial charge is 0.407 e. The second kappa shape index (κ2) is 9.93. The van der Waals surface area contributed by atoms with Crippen molar-refractivity contribution < 1.29 is 31.9 Å². The molecule has 0 fully saturated rings. The SMILES string of the molecule is COC(=O)NCc1cnn(Cc2cc(OC)c3c(NS(=O)(=O)c4ccccc4OC)noc3c2)c1. The number of para-hydroxylation sites is 1. The van der Waals surface area contributed by atoms with Crippen LogP contribution in [0.25, 0.3) is 11.0 Å². The van der Waals surface area contributed by atoms with Gasteiger partial charge in [-0.3, -0.25) is 9.40 Å². The van der Waals surface area contributed by atoms with Crippen LogP contribution in [0, 0.1) is 0 Å². The number of alkyl carbamates (subject to hydrolysis) is 1. The zero-order chi connectivity index (χ0) is 25.0. The van der Waals surface area contributed by atoms with E-state index in [-0.39, 0.29) is 23.0 Å². The average molecular weight is 502 g/mol. The Hall–Kier alpha value is -4.26. The molecule has 0 atom stereocenters. The number of anilines is 1. The Labute approximate surface area is 200 Å². The molecule has 0 aliphatic carbocycles. The normalized spacial score (nSPS) is 11.3. The maximum absolute atomic E-state index is 13.0. The molecule has 0 aliphatic rings. The van der Waals surface area contributed by atoms with Crippen LogP contribution >= 0.6 is 0 Å². The Kier molecular flexibility index (Phi) is 6.78. The maximum Gasteiger partial charge on any atom is 0.407 e. The molecule has 0 spiro atoms. The van der Waals surface area contributed by atoms with Crippen molar-refractivity contribution in [3.05, 3.63) is 59.9 Å². The minimum atomic E-state index is -4.02. The molecule has 12 nitrogen and oxygen atoms in total. The fourth-order valence-electron chi connectivity index (χ4n) is 3.45. The molecule has 2 aromatic carbocycles. The maximum atomic E-state index is 13.0. The van der Waals surface area contributed by atoms with Crippen LogP contribution in [0.15, 0.2) is 58.2 Å². The zero-order valence-electron chi connectivity index (χ0n) is 19.1. The van der Waals surface area contributed by atoms with Crippen molar-refractivity contribution >= 4 is 32.9 Å². The van der Waals surface area contributed by atoms with Crippen molar-refractivity contribution in [2.45, 2.75) is 18.0 Å². The molecule has 0 aliphatic heterocycles. The first-order valence-electron chi connectivity index (χ1n) is 10.3. The van der Waals surface area contributed by atoms with E-state index in [0.29, 0.717) is 23.3 Å². The summed E-state index contributed by atoms with van der Waals surface area (Å²) < 4.78 is 50.7. The Morgan fingerprint density at radius 2 is 1.86 bits per heavy atom. The number of hydrogen-bond donors (Lipinski definition) is 2. The molecule has 4 aromatic rings. The van der Waals surface area contributed by atoms with Crippen molar-refractivity contribution in [3.8, 4) is 11.5 Å². The molecule has 2 aromatic heterocycles. The molecule has 0 saturated carbocycles. The number of benzene rings is 2. The van der Waals surface area contributed by atoms with Crippen molar-refractivity contribution in [2.24, 2.45) is 0 Å². The summed E-state index contributed by atoms with van der Waals surface area (Å²) in [4.78, 5) is 11.2. The highest BCUT2D eigenvalue weighted by Gasteiger charge is 2.24. The van der Waals surface area contributed by atoms with Crippen molar-refractivity contribution in [2.75, 3.05) is 26.1 Å². The van der Waals surface area contributed by atoms with Crippen molar-refractivity contribution in [3.63, 3.8) is 0 Å². The third-order valence-corrected chi connectivity index (χ3v) is 6.44. The van der Waals surface area contributed by atoms with Gasteiger partial charge in [0.2, 0.25) is 0 Å². The lowest BCUT2D eigenvalue weighted by molar-refractivity contribution is 0.170. The molecule has 1 amide bonds. The minimum absolute atomic E-state index is 0.00966. The third kappa shape index (κ3) is 5.14. The van der Waals surface area contributed by atoms with E-state index < -0.39 is 16.1 Å². The van der Waals surface area contributed by atoms with Gasteiger partial charge >= 0.3 is 6.09 Å². The minimum Gasteiger partial charge on any atom is -0.496 e. The van der Waals surface area contributed by atoms with Crippen LogP contribution in [-0.4, -0.2) is 50.8 Å². The number of methoxy groups -OCH3 is 3. The van der Waals surface area contributed by atoms with Gasteiger partial charge in [-0.25, -0.2) is 13.2 Å². The number of carbonyl (C=O) groups excluding carboxylic acids is 1. The number of carbonyl (C=O) groups is 1. The molecule has 2 heterocycles. The molecular weight excluding hydrogens is 478 g/mol. The predicted octanol–water partition coefficient (Wildman–Crippen LogP) is 2.75. The number of rotatable bonds is 9. The van der Waals surface area contributed by atoms with Gasteiger partial charge in [-0.2, -0.15) is 5.10 Å². The van der Waals surface area contributed by atoms with E-state index in [1.807, 2.05) is 0 Å². The number of nitrogens with one attached hydrogen (secondary N) is 2. The first-order chi connectivity index (χ1) is 16.8. The number of aromatic nitrogens is 3. The lowest BCUT2D eigenvalue weighted by atomic mass is 10.1. The Morgan fingerprint density at radius 1 is 1.09 bits per heavy atom. The predicted molar refractivity (Wildman–Crippen MR) is 125 cm³/mol. The Morgan fingerprint density at radius 3 is 2.60 bits per heavy atom. The van der Waals surface area contributed by atoms with Gasteiger partial charge in [0.05, 0.1) is 34.1 Å². The van der Waals surface area contributed by atoms with E-state index in [9.17, 15) is 13.2 Å². The Balaban J connectivity index is 1.59. The van der Waals surface area contributed by atoms with Crippen LogP contribution in [0.2, 0.25) is 0 Å². The number of nitrogens with zero attached hydrogens (tertiary/aromatic N) is 3. The number of sulfonamides is 1. The van der Waals surface area contributed by atoms with Gasteiger partial charge in [-0.1, -0.05) is 17.3 Å². The molecule has 0 bridgehead atoms. The van der Waals surface area contributed by atoms with Crippen LogP contribution in [0.1, 0.15) is 11.1 Å². The van der Waals surface area contributed by atoms with Crippen LogP contribution in [0.3, 0.4) is 0 Å². The van der Waals surface area contributed by atoms with Crippen LogP contribution in [0.4, 0.5) is 10.6 Å². The van der Waals surface area contributed by atoms with Gasteiger partial charge in [-0.05, 0) is 29.8 Å². The molecular formula is C22H23N5O7S. The average Bonchev–Trinajstić information content (AvgIpc) is 3.48. The molecule has 0 unspecified atom stereocenters. The zero-order valence-corrected chi connectivity index (χ0v) is 20.0. The summed E-state index contributed by atoms with van der Waals surface area (Å²) in [6.07, 6.45) is 2.88. The van der Waals surface area contributed by atoms with Gasteiger partial charge in [0, 0.05) is 18.3 Å². The van der Waals surface area contributed by atoms with Crippen molar-refractivity contribution in [1.29, 1.82) is 0 Å². The number of fused-ring (bicyclic) bond motifs is 1. The van der Waals surface area contributed by atoms with Gasteiger partial charge in [0.15, 0.2) is 11.4 Å². The van der Waals surface area contributed by atoms with E-state index >= 15 is 0 Å². The first-order valence-corrected chi connectivity index (χ1v) is 11.8. The fourth-order valence-corrected chi connectivity index (χ4v) is 4.63. The first kappa shape index (κ1) is 23.9. The standard InChI is InChI=1S/C22H23N5O7S/c1-31-16-6-4-5-7-19(16)35(29,30)26-21-20-17(32-2)8-14(9-18(20)34-25-21)12-27-13-15(11-24-27)10-23-22(28)33-3/h4-9,11,13H,10,12H2,1-3H3,(H,23,28)(H,25,26). The molecule has 184 valence electrons. The third-order valence-electron chi connectivity index (χ3n) is 5.06. The second-order valence-electron chi connectivity index (χ2n) is 7.35. The molecule has 4 rings (SSSR count). The molecule has 13 heteroatoms. The summed E-state index contributed by atoms with van der Waals surface area (Å²) in [7, 11) is 0.133. The second-order valence-corrected chi connectivity index (χ2v) is 9.00. The summed E-state index contributed by atoms with van der Waals surface area (Å²) in [5.74, 6) is 0.559. The highest BCUT2D eigenvalue weighted by molar-refractivity contribution is 7.92. The molecule has 2 N–H and O–H groups in total. The van der Waals surface area contributed by atoms with Crippen molar-refractivity contribution in [1.82, 2.24) is 20.3 Å². The fraction of sp³-hybridized carbons (Fsp3) is 0.227. The van der Waals surface area contributed by atoms with Crippen LogP contribution in [0.5, 0.6) is 11.5 Å². The highest BCUT2D eigenvalue weighted by Crippen LogP contribution is 2.35. The lowest BCUT2D eigenvalue weighted by Crippen LogP contribution is -2.21. The van der Waals surface area contributed by atoms with E-state index in [1.54, 1.807) is 47.4 Å². The quantitative estimate of drug-likeness (QED) is 0.353. The molecule has 0 saturated heterocycles. The summed E-state index contributed by atoms with van der Waals surface area (Å²) in [5, 5.41) is 11.2. The largest absolute Gasteiger partial charge is 0.496 e. The monoisotopic (exact) mass is 501 g/mol. The highest BCUT2D eigenvalue weighted by atomic mass is 32.2. The Bertz CT molecular complexity index is 1460. The molecule has 0 radical (unpaired) electrons. The van der Waals surface area contributed by atoms with Crippen LogP contribution in [-0.2, 0) is 27.8 Å². The van der Waals surface area contributed by atoms with E-state index in [0.717, 1.165) is 11.1 Å². The summed E-state index contributed by atoms with van der Waals surface area (Å²) in [6, 6.07) is 9.71. The van der Waals surface area contributed by atoms with Gasteiger partial charge < -0.3 is 24.1 Å². The van der Waals surface area contributed by atoms with E-state index in [4.69, 9.17) is 14.0 Å². The number of hydrogen-bond acceptors (Lipinski definition) is 9. The topological polar surface area (TPSA) is 147 Å². The summed E-state index contributed by atoms with van der Waals surface area (Å²) in [5.41, 5.74) is 1.90. The van der Waals surface area contributed by atoms with E-state index in [1.165, 1.54) is 27.4 Å². The molecule has 35 heavy (non-hydrogen) atoms. The number of ether oxygens (including phenoxy) is 3. The summed E-state index contributed by atoms with van der Waals surface area (Å²) in [6.45, 7) is 0.639. The van der Waals surface area contributed by atoms with Gasteiger partial charge in [-0.15, -0.1) is 0 Å². The van der Waals surface area contributed by atoms with E-state index in [2.05, 4.69) is 25.0 Å². The lowest BCUT2D eigenvalue weighted by Gasteiger charge is -2.11.